The molecule has 0 saturated carbocycles. The van der Waals surface area contributed by atoms with Gasteiger partial charge >= 0.3 is 0 Å². The van der Waals surface area contributed by atoms with E-state index < -0.39 is 0 Å². The highest BCUT2D eigenvalue weighted by molar-refractivity contribution is 5.88. The third-order valence-electron chi connectivity index (χ3n) is 2.46. The number of carbonyl (C=O) groups excluding carboxylic acids is 1. The van der Waals surface area contributed by atoms with Crippen LogP contribution in [0.4, 0.5) is 11.4 Å². The number of nitrogens with zero attached hydrogens (tertiary/aromatic N) is 3. The summed E-state index contributed by atoms with van der Waals surface area (Å²) < 4.78 is 1.86. The number of hydrogen-bond donors (Lipinski definition) is 2. The quantitative estimate of drug-likeness (QED) is 0.853. The molecular weight excluding hydrogens is 230 g/mol. The van der Waals surface area contributed by atoms with Crippen LogP contribution in [-0.2, 0) is 18.4 Å². The fourth-order valence-corrected chi connectivity index (χ4v) is 1.52. The SMILES string of the molecule is CC(=O)Nc1ccc(NCc2nncn2C)cc1. The van der Waals surface area contributed by atoms with Crippen LogP contribution >= 0.6 is 0 Å². The first kappa shape index (κ1) is 12.1. The normalized spacial score (nSPS) is 10.1. The maximum Gasteiger partial charge on any atom is 0.221 e. The molecule has 1 aromatic carbocycles. The van der Waals surface area contributed by atoms with Crippen molar-refractivity contribution in [1.82, 2.24) is 14.8 Å². The van der Waals surface area contributed by atoms with Gasteiger partial charge in [-0.25, -0.2) is 0 Å². The summed E-state index contributed by atoms with van der Waals surface area (Å²) in [7, 11) is 1.90. The predicted molar refractivity (Wildman–Crippen MR) is 69.1 cm³/mol. The number of carbonyl (C=O) groups is 1. The van der Waals surface area contributed by atoms with Crippen molar-refractivity contribution in [2.24, 2.45) is 7.05 Å². The van der Waals surface area contributed by atoms with Crippen LogP contribution in [0.2, 0.25) is 0 Å². The molecule has 1 aromatic heterocycles. The molecule has 0 aliphatic heterocycles. The minimum Gasteiger partial charge on any atom is -0.378 e. The van der Waals surface area contributed by atoms with Gasteiger partial charge in [-0.15, -0.1) is 10.2 Å². The summed E-state index contributed by atoms with van der Waals surface area (Å²) in [5, 5.41) is 13.7. The van der Waals surface area contributed by atoms with Gasteiger partial charge in [-0.2, -0.15) is 0 Å². The first-order chi connectivity index (χ1) is 8.65. The van der Waals surface area contributed by atoms with Crippen molar-refractivity contribution in [1.29, 1.82) is 0 Å². The number of benzene rings is 1. The topological polar surface area (TPSA) is 71.8 Å². The summed E-state index contributed by atoms with van der Waals surface area (Å²) >= 11 is 0. The van der Waals surface area contributed by atoms with Crippen LogP contribution in [0.25, 0.3) is 0 Å². The Hall–Kier alpha value is -2.37. The lowest BCUT2D eigenvalue weighted by molar-refractivity contribution is -0.114. The zero-order chi connectivity index (χ0) is 13.0. The van der Waals surface area contributed by atoms with E-state index in [1.54, 1.807) is 6.33 Å². The Balaban J connectivity index is 1.94. The first-order valence-electron chi connectivity index (χ1n) is 5.59. The Bertz CT molecular complexity index is 532. The summed E-state index contributed by atoms with van der Waals surface area (Å²) in [6.07, 6.45) is 1.66. The van der Waals surface area contributed by atoms with Crippen LogP contribution in [0, 0.1) is 0 Å². The molecular formula is C12H15N5O. The standard InChI is InChI=1S/C12H15N5O/c1-9(18)15-11-5-3-10(4-6-11)13-7-12-16-14-8-17(12)2/h3-6,8,13H,7H2,1-2H3,(H,15,18). The van der Waals surface area contributed by atoms with Crippen molar-refractivity contribution in [3.8, 4) is 0 Å². The maximum atomic E-state index is 10.9. The second-order valence-corrected chi connectivity index (χ2v) is 3.97. The molecule has 0 atom stereocenters. The second kappa shape index (κ2) is 5.31. The van der Waals surface area contributed by atoms with Crippen molar-refractivity contribution in [3.63, 3.8) is 0 Å². The Labute approximate surface area is 105 Å². The van der Waals surface area contributed by atoms with Crippen LogP contribution in [0.3, 0.4) is 0 Å². The summed E-state index contributed by atoms with van der Waals surface area (Å²) in [5.74, 6) is 0.788. The van der Waals surface area contributed by atoms with E-state index in [0.29, 0.717) is 6.54 Å². The van der Waals surface area contributed by atoms with Crippen molar-refractivity contribution in [2.75, 3.05) is 10.6 Å². The third kappa shape index (κ3) is 3.07. The largest absolute Gasteiger partial charge is 0.378 e. The van der Waals surface area contributed by atoms with Gasteiger partial charge in [-0.05, 0) is 24.3 Å². The van der Waals surface area contributed by atoms with E-state index in [9.17, 15) is 4.79 Å². The molecule has 18 heavy (non-hydrogen) atoms. The molecule has 2 rings (SSSR count). The maximum absolute atomic E-state index is 10.9. The van der Waals surface area contributed by atoms with Crippen molar-refractivity contribution in [3.05, 3.63) is 36.4 Å². The highest BCUT2D eigenvalue weighted by Crippen LogP contribution is 2.14. The summed E-state index contributed by atoms with van der Waals surface area (Å²) in [6, 6.07) is 7.50. The predicted octanol–water partition coefficient (Wildman–Crippen LogP) is 1.39. The lowest BCUT2D eigenvalue weighted by Crippen LogP contribution is -2.07. The number of hydrogen-bond acceptors (Lipinski definition) is 4. The molecule has 0 fully saturated rings. The lowest BCUT2D eigenvalue weighted by atomic mass is 10.2. The minimum absolute atomic E-state index is 0.0743. The Morgan fingerprint density at radius 1 is 1.28 bits per heavy atom. The van der Waals surface area contributed by atoms with Crippen molar-refractivity contribution >= 4 is 17.3 Å². The molecule has 6 nitrogen and oxygen atoms in total. The number of rotatable bonds is 4. The van der Waals surface area contributed by atoms with Gasteiger partial charge in [0, 0.05) is 25.3 Å². The number of amides is 1. The fraction of sp³-hybridized carbons (Fsp3) is 0.250. The Morgan fingerprint density at radius 3 is 2.50 bits per heavy atom. The average molecular weight is 245 g/mol. The van der Waals surface area contributed by atoms with E-state index in [0.717, 1.165) is 17.2 Å². The van der Waals surface area contributed by atoms with Gasteiger partial charge in [-0.3, -0.25) is 4.79 Å². The van der Waals surface area contributed by atoms with Crippen LogP contribution < -0.4 is 10.6 Å². The highest BCUT2D eigenvalue weighted by Gasteiger charge is 2.00. The molecule has 0 spiro atoms. The third-order valence-corrected chi connectivity index (χ3v) is 2.46. The monoisotopic (exact) mass is 245 g/mol. The van der Waals surface area contributed by atoms with Crippen molar-refractivity contribution in [2.45, 2.75) is 13.5 Å². The number of anilines is 2. The lowest BCUT2D eigenvalue weighted by Gasteiger charge is -2.07. The smallest absolute Gasteiger partial charge is 0.221 e. The van der Waals surface area contributed by atoms with Crippen LogP contribution in [0.1, 0.15) is 12.7 Å². The molecule has 6 heteroatoms. The molecule has 0 saturated heterocycles. The molecule has 2 N–H and O–H groups in total. The van der Waals surface area contributed by atoms with E-state index >= 15 is 0 Å². The van der Waals surface area contributed by atoms with Crippen LogP contribution in [0.15, 0.2) is 30.6 Å². The van der Waals surface area contributed by atoms with Gasteiger partial charge in [0.05, 0.1) is 6.54 Å². The first-order valence-corrected chi connectivity index (χ1v) is 5.59. The van der Waals surface area contributed by atoms with E-state index in [1.165, 1.54) is 6.92 Å². The summed E-state index contributed by atoms with van der Waals surface area (Å²) in [4.78, 5) is 10.9. The zero-order valence-corrected chi connectivity index (χ0v) is 10.3. The Kier molecular flexibility index (Phi) is 3.57. The average Bonchev–Trinajstić information content (AvgIpc) is 2.73. The van der Waals surface area contributed by atoms with Gasteiger partial charge in [0.2, 0.25) is 5.91 Å². The van der Waals surface area contributed by atoms with E-state index in [4.69, 9.17) is 0 Å². The molecule has 0 radical (unpaired) electrons. The molecule has 1 heterocycles. The van der Waals surface area contributed by atoms with Crippen molar-refractivity contribution < 1.29 is 4.79 Å². The molecule has 94 valence electrons. The Morgan fingerprint density at radius 2 is 1.94 bits per heavy atom. The van der Waals surface area contributed by atoms with Gasteiger partial charge < -0.3 is 15.2 Å². The molecule has 0 unspecified atom stereocenters. The van der Waals surface area contributed by atoms with E-state index in [1.807, 2.05) is 35.9 Å². The van der Waals surface area contributed by atoms with Crippen LogP contribution in [0.5, 0.6) is 0 Å². The number of nitrogens with one attached hydrogen (secondary N) is 2. The zero-order valence-electron chi connectivity index (χ0n) is 10.3. The minimum atomic E-state index is -0.0743. The number of aryl methyl sites for hydroxylation is 1. The summed E-state index contributed by atoms with van der Waals surface area (Å²) in [5.41, 5.74) is 1.75. The van der Waals surface area contributed by atoms with E-state index in [-0.39, 0.29) is 5.91 Å². The molecule has 1 amide bonds. The van der Waals surface area contributed by atoms with Gasteiger partial charge in [0.25, 0.3) is 0 Å². The van der Waals surface area contributed by atoms with Gasteiger partial charge in [0.15, 0.2) is 5.82 Å². The molecule has 0 aliphatic rings. The fourth-order valence-electron chi connectivity index (χ4n) is 1.52. The highest BCUT2D eigenvalue weighted by atomic mass is 16.1. The molecule has 0 bridgehead atoms. The molecule has 2 aromatic rings. The summed E-state index contributed by atoms with van der Waals surface area (Å²) in [6.45, 7) is 2.09. The van der Waals surface area contributed by atoms with Gasteiger partial charge in [-0.1, -0.05) is 0 Å². The number of aromatic nitrogens is 3. The van der Waals surface area contributed by atoms with E-state index in [2.05, 4.69) is 20.8 Å². The second-order valence-electron chi connectivity index (χ2n) is 3.97. The van der Waals surface area contributed by atoms with Gasteiger partial charge in [0.1, 0.15) is 6.33 Å². The molecule has 0 aliphatic carbocycles. The van der Waals surface area contributed by atoms with Crippen LogP contribution in [-0.4, -0.2) is 20.7 Å².